The summed E-state index contributed by atoms with van der Waals surface area (Å²) in [4.78, 5) is 38.5. The highest BCUT2D eigenvalue weighted by molar-refractivity contribution is 6.06. The molecule has 0 radical (unpaired) electrons. The quantitative estimate of drug-likeness (QED) is 0.179. The van der Waals surface area contributed by atoms with Crippen LogP contribution in [0.4, 0.5) is 4.39 Å². The number of rotatable bonds is 14. The van der Waals surface area contributed by atoms with Gasteiger partial charge < -0.3 is 28.8 Å². The van der Waals surface area contributed by atoms with E-state index in [9.17, 15) is 18.8 Å². The fourth-order valence-corrected chi connectivity index (χ4v) is 7.89. The lowest BCUT2D eigenvalue weighted by Crippen LogP contribution is -2.46. The maximum atomic E-state index is 14.6. The molecule has 282 valence electrons. The van der Waals surface area contributed by atoms with Gasteiger partial charge in [-0.15, -0.1) is 0 Å². The molecule has 2 aliphatic heterocycles. The van der Waals surface area contributed by atoms with E-state index in [1.807, 2.05) is 58.0 Å². The van der Waals surface area contributed by atoms with Gasteiger partial charge in [-0.2, -0.15) is 0 Å². The number of nitrogens with zero attached hydrogens (tertiary/aromatic N) is 1. The Morgan fingerprint density at radius 3 is 1.81 bits per heavy atom. The largest absolute Gasteiger partial charge is 0.352 e. The molecule has 5 rings (SSSR count). The average Bonchev–Trinajstić information content (AvgIpc) is 3.38. The van der Waals surface area contributed by atoms with Crippen LogP contribution in [0.2, 0.25) is 0 Å². The fraction of sp³-hybridized carbons (Fsp3) is 0.548. The van der Waals surface area contributed by atoms with Crippen LogP contribution in [0.5, 0.6) is 0 Å². The first-order valence-electron chi connectivity index (χ1n) is 18.6. The summed E-state index contributed by atoms with van der Waals surface area (Å²) in [6.07, 6.45) is 2.06. The zero-order valence-electron chi connectivity index (χ0n) is 31.9. The van der Waals surface area contributed by atoms with Crippen molar-refractivity contribution in [3.8, 4) is 22.4 Å². The number of ketones is 2. The van der Waals surface area contributed by atoms with Crippen molar-refractivity contribution in [3.63, 3.8) is 0 Å². The molecule has 0 spiro atoms. The van der Waals surface area contributed by atoms with E-state index >= 15 is 0 Å². The van der Waals surface area contributed by atoms with Crippen LogP contribution in [0.1, 0.15) is 116 Å². The van der Waals surface area contributed by atoms with Crippen LogP contribution in [0.3, 0.4) is 0 Å². The molecule has 0 bridgehead atoms. The van der Waals surface area contributed by atoms with Crippen LogP contribution < -0.4 is 5.32 Å². The zero-order valence-corrected chi connectivity index (χ0v) is 31.9. The predicted octanol–water partition coefficient (Wildman–Crippen LogP) is 8.37. The van der Waals surface area contributed by atoms with Crippen LogP contribution in [0, 0.1) is 5.82 Å². The smallest absolute Gasteiger partial charge is 0.253 e. The van der Waals surface area contributed by atoms with Gasteiger partial charge in [-0.05, 0) is 95.7 Å². The molecule has 2 aromatic carbocycles. The molecular weight excluding hydrogens is 663 g/mol. The third kappa shape index (κ3) is 10.0. The van der Waals surface area contributed by atoms with E-state index in [0.29, 0.717) is 57.2 Å². The summed E-state index contributed by atoms with van der Waals surface area (Å²) in [6, 6.07) is 16.3. The molecule has 52 heavy (non-hydrogen) atoms. The molecule has 2 fully saturated rings. The number of aromatic nitrogens is 1. The molecule has 0 aliphatic carbocycles. The summed E-state index contributed by atoms with van der Waals surface area (Å²) in [5.41, 5.74) is 4.71. The molecule has 3 aromatic rings. The Kier molecular flexibility index (Phi) is 12.6. The zero-order chi connectivity index (χ0) is 37.8. The number of benzene rings is 2. The number of ether oxygens (including phenoxy) is 4. The highest BCUT2D eigenvalue weighted by atomic mass is 19.1. The first-order valence-corrected chi connectivity index (χ1v) is 18.6. The topological polar surface area (TPSA) is 105 Å². The lowest BCUT2D eigenvalue weighted by molar-refractivity contribution is -0.300. The molecule has 1 amide bonds. The van der Waals surface area contributed by atoms with Gasteiger partial charge in [0.1, 0.15) is 17.4 Å². The molecule has 1 aromatic heterocycles. The molecule has 1 N–H and O–H groups in total. The number of carbonyl (C=O) groups excluding carboxylic acids is 3. The van der Waals surface area contributed by atoms with Gasteiger partial charge in [0.25, 0.3) is 5.91 Å². The molecule has 2 aliphatic rings. The van der Waals surface area contributed by atoms with Crippen molar-refractivity contribution in [3.05, 3.63) is 71.7 Å². The number of halogens is 1. The Morgan fingerprint density at radius 2 is 1.29 bits per heavy atom. The van der Waals surface area contributed by atoms with Gasteiger partial charge in [-0.3, -0.25) is 14.4 Å². The molecular formula is C42H55FN2O7. The third-order valence-corrected chi connectivity index (χ3v) is 9.57. The number of amides is 1. The SMILES string of the molecule is CC(=O)CC1CC(CCNC(=O)c2c(-c3ccccc3)c(-c3ccc(F)cc3)n(CCC3CC(CC(C)=O)OC(C)(C)O3)c2C(C)C)OC(C)(C)O1. The second-order valence-corrected chi connectivity index (χ2v) is 15.5. The Bertz CT molecular complexity index is 1710. The maximum absolute atomic E-state index is 14.6. The first kappa shape index (κ1) is 39.5. The van der Waals surface area contributed by atoms with E-state index in [2.05, 4.69) is 23.7 Å². The van der Waals surface area contributed by atoms with E-state index in [0.717, 1.165) is 28.1 Å². The van der Waals surface area contributed by atoms with Gasteiger partial charge >= 0.3 is 0 Å². The summed E-state index contributed by atoms with van der Waals surface area (Å²) >= 11 is 0. The minimum absolute atomic E-state index is 0.0538. The van der Waals surface area contributed by atoms with E-state index < -0.39 is 11.6 Å². The monoisotopic (exact) mass is 718 g/mol. The van der Waals surface area contributed by atoms with Crippen molar-refractivity contribution in [1.29, 1.82) is 0 Å². The van der Waals surface area contributed by atoms with Crippen molar-refractivity contribution in [2.45, 2.75) is 142 Å². The average molecular weight is 719 g/mol. The van der Waals surface area contributed by atoms with Crippen molar-refractivity contribution >= 4 is 17.5 Å². The van der Waals surface area contributed by atoms with E-state index in [1.54, 1.807) is 26.0 Å². The Morgan fingerprint density at radius 1 is 0.769 bits per heavy atom. The van der Waals surface area contributed by atoms with E-state index in [4.69, 9.17) is 18.9 Å². The Balaban J connectivity index is 1.52. The first-order chi connectivity index (χ1) is 24.5. The van der Waals surface area contributed by atoms with Gasteiger partial charge in [0.2, 0.25) is 0 Å². The second kappa shape index (κ2) is 16.5. The summed E-state index contributed by atoms with van der Waals surface area (Å²) in [5.74, 6) is -2.16. The summed E-state index contributed by atoms with van der Waals surface area (Å²) in [6.45, 7) is 15.6. The predicted molar refractivity (Wildman–Crippen MR) is 198 cm³/mol. The van der Waals surface area contributed by atoms with Gasteiger partial charge in [0.15, 0.2) is 11.6 Å². The van der Waals surface area contributed by atoms with Crippen LogP contribution in [0.15, 0.2) is 54.6 Å². The highest BCUT2D eigenvalue weighted by Gasteiger charge is 2.38. The molecule has 9 nitrogen and oxygen atoms in total. The lowest BCUT2D eigenvalue weighted by Gasteiger charge is -2.41. The van der Waals surface area contributed by atoms with Gasteiger partial charge in [0, 0.05) is 50.0 Å². The van der Waals surface area contributed by atoms with Crippen LogP contribution in [-0.4, -0.2) is 64.6 Å². The van der Waals surface area contributed by atoms with Crippen LogP contribution in [-0.2, 0) is 35.1 Å². The van der Waals surface area contributed by atoms with Crippen molar-refractivity contribution in [1.82, 2.24) is 9.88 Å². The third-order valence-electron chi connectivity index (χ3n) is 9.57. The standard InChI is InChI=1S/C42H55FN2O7/c1-26(2)38-37(40(48)44-20-18-32-24-34(22-27(3)46)51-41(5,6)49-32)36(29-12-10-9-11-13-29)39(30-14-16-31(43)17-15-30)45(38)21-19-33-25-35(23-28(4)47)52-42(7,8)50-33/h9-17,26,32-35H,18-25H2,1-8H3,(H,44,48). The van der Waals surface area contributed by atoms with E-state index in [-0.39, 0.29) is 53.6 Å². The Hall–Kier alpha value is -3.70. The summed E-state index contributed by atoms with van der Waals surface area (Å²) in [7, 11) is 0. The van der Waals surface area contributed by atoms with Gasteiger partial charge in [-0.25, -0.2) is 4.39 Å². The van der Waals surface area contributed by atoms with Crippen LogP contribution in [0.25, 0.3) is 22.4 Å². The van der Waals surface area contributed by atoms with Crippen molar-refractivity contribution in [2.24, 2.45) is 0 Å². The molecule has 0 saturated carbocycles. The lowest BCUT2D eigenvalue weighted by atomic mass is 9.94. The maximum Gasteiger partial charge on any atom is 0.253 e. The number of hydrogen-bond acceptors (Lipinski definition) is 7. The van der Waals surface area contributed by atoms with Crippen molar-refractivity contribution in [2.75, 3.05) is 6.54 Å². The van der Waals surface area contributed by atoms with E-state index in [1.165, 1.54) is 12.1 Å². The Labute approximate surface area is 307 Å². The molecule has 2 saturated heterocycles. The minimum atomic E-state index is -0.851. The normalized spacial score (nSPS) is 22.7. The van der Waals surface area contributed by atoms with Crippen LogP contribution >= 0.6 is 0 Å². The fourth-order valence-electron chi connectivity index (χ4n) is 7.89. The number of nitrogens with one attached hydrogen (secondary N) is 1. The molecule has 4 atom stereocenters. The molecule has 3 heterocycles. The summed E-state index contributed by atoms with van der Waals surface area (Å²) in [5, 5.41) is 3.20. The number of carbonyl (C=O) groups is 3. The minimum Gasteiger partial charge on any atom is -0.352 e. The number of Topliss-reactive ketones (excluding diaryl/α,β-unsaturated/α-hetero) is 2. The van der Waals surface area contributed by atoms with Crippen molar-refractivity contribution < 1.29 is 37.7 Å². The molecule has 10 heteroatoms. The summed E-state index contributed by atoms with van der Waals surface area (Å²) < 4.78 is 41.2. The number of hydrogen-bond donors (Lipinski definition) is 1. The van der Waals surface area contributed by atoms with Gasteiger partial charge in [0.05, 0.1) is 35.7 Å². The second-order valence-electron chi connectivity index (χ2n) is 15.5. The molecule has 4 unspecified atom stereocenters. The highest BCUT2D eigenvalue weighted by Crippen LogP contribution is 2.43. The van der Waals surface area contributed by atoms with Gasteiger partial charge in [-0.1, -0.05) is 44.2 Å².